The smallest absolute Gasteiger partial charge is 0.341 e. The quantitative estimate of drug-likeness (QED) is 0.450. The van der Waals surface area contributed by atoms with E-state index in [4.69, 9.17) is 24.1 Å². The number of carboxylic acid groups (broad SMARTS) is 1. The Kier molecular flexibility index (Phi) is 8.78. The van der Waals surface area contributed by atoms with Crippen molar-refractivity contribution in [2.75, 3.05) is 26.4 Å². The van der Waals surface area contributed by atoms with E-state index in [9.17, 15) is 9.59 Å². The normalized spacial score (nSPS) is 12.6. The molecule has 0 radical (unpaired) electrons. The Hall–Kier alpha value is -3.22. The topological polar surface area (TPSA) is 91.3 Å². The number of carbonyl (C=O) groups excluding carboxylic acids is 1. The predicted molar refractivity (Wildman–Crippen MR) is 119 cm³/mol. The molecule has 0 atom stereocenters. The number of hydrogen-bond donors (Lipinski definition) is 1. The molecule has 1 aliphatic heterocycles. The highest BCUT2D eigenvalue weighted by Gasteiger charge is 2.23. The molecule has 0 bridgehead atoms. The third-order valence-corrected chi connectivity index (χ3v) is 5.10. The number of hydrogen-bond acceptors (Lipinski definition) is 6. The molecule has 1 N–H and O–H groups in total. The van der Waals surface area contributed by atoms with E-state index in [1.54, 1.807) is 18.2 Å². The molecule has 0 amide bonds. The van der Waals surface area contributed by atoms with Gasteiger partial charge in [-0.05, 0) is 49.9 Å². The lowest BCUT2D eigenvalue weighted by Crippen LogP contribution is -2.17. The second-order valence-corrected chi connectivity index (χ2v) is 7.58. The third kappa shape index (κ3) is 6.39. The number of benzene rings is 2. The highest BCUT2D eigenvalue weighted by atomic mass is 16.5. The van der Waals surface area contributed by atoms with Crippen LogP contribution in [-0.4, -0.2) is 43.3 Å². The molecule has 0 unspecified atom stereocenters. The van der Waals surface area contributed by atoms with Crippen molar-refractivity contribution in [1.29, 1.82) is 0 Å². The van der Waals surface area contributed by atoms with Crippen LogP contribution in [0.5, 0.6) is 23.0 Å². The Labute approximate surface area is 188 Å². The summed E-state index contributed by atoms with van der Waals surface area (Å²) in [6, 6.07) is 10.7. The number of unbranched alkanes of at least 4 members (excludes halogenated alkanes) is 2. The molecule has 2 aromatic rings. The van der Waals surface area contributed by atoms with Crippen LogP contribution < -0.4 is 18.9 Å². The predicted octanol–water partition coefficient (Wildman–Crippen LogP) is 4.70. The molecule has 0 aliphatic carbocycles. The number of ether oxygens (including phenoxy) is 4. The SMILES string of the molecule is CCCc1c(OCCCCCOc2ccccc2OCC(=O)O)ccc2c1OCCC2=O. The van der Waals surface area contributed by atoms with Crippen LogP contribution in [0.15, 0.2) is 36.4 Å². The van der Waals surface area contributed by atoms with Gasteiger partial charge >= 0.3 is 5.97 Å². The molecule has 32 heavy (non-hydrogen) atoms. The van der Waals surface area contributed by atoms with Gasteiger partial charge in [0, 0.05) is 12.0 Å². The number of rotatable bonds is 13. The van der Waals surface area contributed by atoms with Gasteiger partial charge in [-0.25, -0.2) is 4.79 Å². The summed E-state index contributed by atoms with van der Waals surface area (Å²) in [5, 5.41) is 8.76. The Morgan fingerprint density at radius 1 is 0.969 bits per heavy atom. The zero-order valence-corrected chi connectivity index (χ0v) is 18.4. The summed E-state index contributed by atoms with van der Waals surface area (Å²) in [7, 11) is 0. The van der Waals surface area contributed by atoms with Gasteiger partial charge in [0.1, 0.15) is 11.5 Å². The molecular formula is C25H30O7. The van der Waals surface area contributed by atoms with Gasteiger partial charge in [-0.1, -0.05) is 25.5 Å². The fourth-order valence-corrected chi connectivity index (χ4v) is 3.57. The first-order valence-electron chi connectivity index (χ1n) is 11.1. The average molecular weight is 443 g/mol. The van der Waals surface area contributed by atoms with Gasteiger partial charge in [0.15, 0.2) is 23.9 Å². The largest absolute Gasteiger partial charge is 0.493 e. The molecule has 0 aromatic heterocycles. The number of para-hydroxylation sites is 2. The second kappa shape index (κ2) is 12.0. The first-order chi connectivity index (χ1) is 15.6. The van der Waals surface area contributed by atoms with E-state index in [-0.39, 0.29) is 5.78 Å². The highest BCUT2D eigenvalue weighted by molar-refractivity contribution is 6.00. The number of aliphatic carboxylic acids is 1. The van der Waals surface area contributed by atoms with Crippen LogP contribution in [0.2, 0.25) is 0 Å². The van der Waals surface area contributed by atoms with Crippen LogP contribution in [-0.2, 0) is 11.2 Å². The van der Waals surface area contributed by atoms with Crippen LogP contribution in [0.25, 0.3) is 0 Å². The van der Waals surface area contributed by atoms with Gasteiger partial charge in [-0.15, -0.1) is 0 Å². The molecule has 0 fully saturated rings. The maximum atomic E-state index is 12.1. The summed E-state index contributed by atoms with van der Waals surface area (Å²) >= 11 is 0. The monoisotopic (exact) mass is 442 g/mol. The lowest BCUT2D eigenvalue weighted by molar-refractivity contribution is -0.139. The first-order valence-corrected chi connectivity index (χ1v) is 11.1. The van der Waals surface area contributed by atoms with Crippen molar-refractivity contribution in [1.82, 2.24) is 0 Å². The van der Waals surface area contributed by atoms with Gasteiger partial charge < -0.3 is 24.1 Å². The van der Waals surface area contributed by atoms with Gasteiger partial charge in [-0.2, -0.15) is 0 Å². The Morgan fingerprint density at radius 3 is 2.34 bits per heavy atom. The van der Waals surface area contributed by atoms with Crippen molar-refractivity contribution in [3.8, 4) is 23.0 Å². The van der Waals surface area contributed by atoms with Crippen molar-refractivity contribution < 1.29 is 33.6 Å². The van der Waals surface area contributed by atoms with Gasteiger partial charge in [0.25, 0.3) is 0 Å². The van der Waals surface area contributed by atoms with Crippen molar-refractivity contribution >= 4 is 11.8 Å². The Morgan fingerprint density at radius 2 is 1.66 bits per heavy atom. The number of carbonyl (C=O) groups is 2. The van der Waals surface area contributed by atoms with E-state index >= 15 is 0 Å². The molecule has 1 aliphatic rings. The average Bonchev–Trinajstić information content (AvgIpc) is 2.79. The zero-order valence-electron chi connectivity index (χ0n) is 18.4. The van der Waals surface area contributed by atoms with Crippen LogP contribution >= 0.6 is 0 Å². The van der Waals surface area contributed by atoms with Gasteiger partial charge in [0.2, 0.25) is 0 Å². The molecule has 7 nitrogen and oxygen atoms in total. The van der Waals surface area contributed by atoms with Gasteiger partial charge in [-0.3, -0.25) is 4.79 Å². The fraction of sp³-hybridized carbons (Fsp3) is 0.440. The van der Waals surface area contributed by atoms with Crippen LogP contribution in [0.3, 0.4) is 0 Å². The van der Waals surface area contributed by atoms with E-state index in [0.29, 0.717) is 49.1 Å². The van der Waals surface area contributed by atoms with Crippen molar-refractivity contribution in [2.24, 2.45) is 0 Å². The van der Waals surface area contributed by atoms with E-state index in [1.807, 2.05) is 18.2 Å². The van der Waals surface area contributed by atoms with Crippen molar-refractivity contribution in [3.05, 3.63) is 47.5 Å². The zero-order chi connectivity index (χ0) is 22.8. The van der Waals surface area contributed by atoms with E-state index in [0.717, 1.165) is 43.4 Å². The van der Waals surface area contributed by atoms with Crippen molar-refractivity contribution in [3.63, 3.8) is 0 Å². The lowest BCUT2D eigenvalue weighted by Gasteiger charge is -2.22. The first kappa shape index (κ1) is 23.4. The summed E-state index contributed by atoms with van der Waals surface area (Å²) in [5.74, 6) is 1.55. The lowest BCUT2D eigenvalue weighted by atomic mass is 9.98. The molecule has 3 rings (SSSR count). The van der Waals surface area contributed by atoms with Crippen molar-refractivity contribution in [2.45, 2.75) is 45.4 Å². The fourth-order valence-electron chi connectivity index (χ4n) is 3.57. The Balaban J connectivity index is 1.43. The highest BCUT2D eigenvalue weighted by Crippen LogP contribution is 2.36. The van der Waals surface area contributed by atoms with Crippen LogP contribution in [0.1, 0.15) is 54.9 Å². The minimum Gasteiger partial charge on any atom is -0.493 e. The third-order valence-electron chi connectivity index (χ3n) is 5.10. The number of Topliss-reactive ketones (excluding diaryl/α,β-unsaturated/α-hetero) is 1. The summed E-state index contributed by atoms with van der Waals surface area (Å²) in [4.78, 5) is 22.8. The maximum Gasteiger partial charge on any atom is 0.341 e. The Bertz CT molecular complexity index is 923. The van der Waals surface area contributed by atoms with Crippen LogP contribution in [0.4, 0.5) is 0 Å². The minimum atomic E-state index is -1.03. The molecule has 7 heteroatoms. The maximum absolute atomic E-state index is 12.1. The molecule has 0 spiro atoms. The van der Waals surface area contributed by atoms with E-state index in [1.165, 1.54) is 0 Å². The molecule has 172 valence electrons. The van der Waals surface area contributed by atoms with Gasteiger partial charge in [0.05, 0.1) is 25.4 Å². The number of carboxylic acids is 1. The summed E-state index contributed by atoms with van der Waals surface area (Å²) in [6.45, 7) is 3.19. The van der Waals surface area contributed by atoms with E-state index < -0.39 is 12.6 Å². The van der Waals surface area contributed by atoms with E-state index in [2.05, 4.69) is 6.92 Å². The second-order valence-electron chi connectivity index (χ2n) is 7.58. The summed E-state index contributed by atoms with van der Waals surface area (Å²) < 4.78 is 22.8. The number of ketones is 1. The molecule has 0 saturated heterocycles. The molecule has 2 aromatic carbocycles. The summed E-state index contributed by atoms with van der Waals surface area (Å²) in [6.07, 6.45) is 4.80. The number of fused-ring (bicyclic) bond motifs is 1. The van der Waals surface area contributed by atoms with Crippen LogP contribution in [0, 0.1) is 0 Å². The summed E-state index contributed by atoms with van der Waals surface area (Å²) in [5.41, 5.74) is 1.65. The molecule has 1 heterocycles. The molecule has 0 saturated carbocycles. The standard InChI is InChI=1S/C25H30O7/c1-2-8-19-21(12-11-18-20(26)13-16-31-25(18)19)29-14-6-3-7-15-30-22-9-4-5-10-23(22)32-17-24(27)28/h4-5,9-12H,2-3,6-8,13-17H2,1H3,(H,27,28). The minimum absolute atomic E-state index is 0.130. The molecular weight excluding hydrogens is 412 g/mol.